The van der Waals surface area contributed by atoms with Crippen molar-refractivity contribution in [3.63, 3.8) is 0 Å². The third-order valence-corrected chi connectivity index (χ3v) is 4.86. The van der Waals surface area contributed by atoms with Crippen molar-refractivity contribution >= 4 is 11.6 Å². The van der Waals surface area contributed by atoms with Crippen LogP contribution in [0.4, 0.5) is 5.69 Å². The van der Waals surface area contributed by atoms with E-state index in [1.54, 1.807) is 0 Å². The zero-order valence-corrected chi connectivity index (χ0v) is 16.3. The molecule has 150 valence electrons. The molecule has 1 heterocycles. The number of carbonyl (C=O) groups is 1. The van der Waals surface area contributed by atoms with Gasteiger partial charge in [0, 0.05) is 24.3 Å². The summed E-state index contributed by atoms with van der Waals surface area (Å²) in [4.78, 5) is 12.2. The topological polar surface area (TPSA) is 81.9 Å². The lowest BCUT2D eigenvalue weighted by Gasteiger charge is -2.08. The lowest BCUT2D eigenvalue weighted by Crippen LogP contribution is -2.12. The molecule has 1 saturated carbocycles. The van der Waals surface area contributed by atoms with Gasteiger partial charge in [-0.3, -0.25) is 4.79 Å². The number of nitrogens with zero attached hydrogens (tertiary/aromatic N) is 4. The van der Waals surface area contributed by atoms with E-state index in [2.05, 4.69) is 33.0 Å². The summed E-state index contributed by atoms with van der Waals surface area (Å²) in [5.41, 5.74) is 2.92. The number of benzene rings is 2. The van der Waals surface area contributed by atoms with E-state index < -0.39 is 0 Å². The minimum Gasteiger partial charge on any atom is -0.381 e. The number of hydrogen-bond donors (Lipinski definition) is 1. The van der Waals surface area contributed by atoms with Crippen molar-refractivity contribution in [2.45, 2.75) is 38.1 Å². The van der Waals surface area contributed by atoms with Crippen LogP contribution in [0.15, 0.2) is 54.6 Å². The van der Waals surface area contributed by atoms with E-state index in [1.807, 2.05) is 47.1 Å². The Bertz CT molecular complexity index is 937. The fourth-order valence-corrected chi connectivity index (χ4v) is 3.18. The summed E-state index contributed by atoms with van der Waals surface area (Å²) in [6.07, 6.45) is 4.24. The summed E-state index contributed by atoms with van der Waals surface area (Å²) >= 11 is 0. The smallest absolute Gasteiger partial charge is 0.224 e. The molecule has 1 aliphatic rings. The van der Waals surface area contributed by atoms with Crippen LogP contribution in [0.2, 0.25) is 0 Å². The lowest BCUT2D eigenvalue weighted by molar-refractivity contribution is -0.116. The summed E-state index contributed by atoms with van der Waals surface area (Å²) < 4.78 is 7.51. The minimum absolute atomic E-state index is 0.0180. The molecule has 4 rings (SSSR count). The predicted molar refractivity (Wildman–Crippen MR) is 110 cm³/mol. The molecule has 0 atom stereocenters. The van der Waals surface area contributed by atoms with Gasteiger partial charge < -0.3 is 10.1 Å². The number of rotatable bonds is 10. The Kier molecular flexibility index (Phi) is 6.26. The van der Waals surface area contributed by atoms with Crippen molar-refractivity contribution in [2.75, 3.05) is 18.5 Å². The second-order valence-corrected chi connectivity index (χ2v) is 7.26. The van der Waals surface area contributed by atoms with Crippen LogP contribution in [0.3, 0.4) is 0 Å². The average molecular weight is 391 g/mol. The first-order chi connectivity index (χ1) is 14.3. The second-order valence-electron chi connectivity index (χ2n) is 7.26. The fraction of sp³-hybridized carbons (Fsp3) is 0.364. The van der Waals surface area contributed by atoms with E-state index in [-0.39, 0.29) is 5.91 Å². The highest BCUT2D eigenvalue weighted by atomic mass is 16.5. The third kappa shape index (κ3) is 5.48. The first-order valence-corrected chi connectivity index (χ1v) is 10.1. The van der Waals surface area contributed by atoms with Gasteiger partial charge in [0.25, 0.3) is 0 Å². The van der Waals surface area contributed by atoms with Gasteiger partial charge in [-0.05, 0) is 53.8 Å². The fourth-order valence-electron chi connectivity index (χ4n) is 3.18. The monoisotopic (exact) mass is 391 g/mol. The van der Waals surface area contributed by atoms with Crippen molar-refractivity contribution < 1.29 is 9.53 Å². The number of anilines is 1. The van der Waals surface area contributed by atoms with Gasteiger partial charge in [-0.15, -0.1) is 5.10 Å². The Hall–Kier alpha value is -3.06. The highest BCUT2D eigenvalue weighted by molar-refractivity contribution is 5.91. The normalized spacial score (nSPS) is 13.4. The van der Waals surface area contributed by atoms with Gasteiger partial charge in [0.2, 0.25) is 5.91 Å². The van der Waals surface area contributed by atoms with E-state index in [0.29, 0.717) is 32.1 Å². The van der Waals surface area contributed by atoms with Gasteiger partial charge in [0.1, 0.15) is 0 Å². The number of aromatic nitrogens is 4. The molecule has 0 aliphatic heterocycles. The Morgan fingerprint density at radius 1 is 1.10 bits per heavy atom. The summed E-state index contributed by atoms with van der Waals surface area (Å²) in [7, 11) is 0. The van der Waals surface area contributed by atoms with Crippen molar-refractivity contribution in [3.05, 3.63) is 60.2 Å². The standard InChI is InChI=1S/C22H25N5O2/c28-21(10-5-14-29-15-13-17-6-2-1-3-7-17)23-19-9-4-8-18(16-19)22-24-25-26-27(22)20-11-12-20/h1-4,6-9,16,20H,5,10-15H2,(H,23,28). The molecule has 1 aromatic heterocycles. The Morgan fingerprint density at radius 2 is 1.97 bits per heavy atom. The number of hydrogen-bond acceptors (Lipinski definition) is 5. The number of carbonyl (C=O) groups excluding carboxylic acids is 1. The molecule has 1 fully saturated rings. The van der Waals surface area contributed by atoms with Crippen LogP contribution in [-0.2, 0) is 16.0 Å². The number of tetrazole rings is 1. The molecular formula is C22H25N5O2. The molecule has 29 heavy (non-hydrogen) atoms. The first-order valence-electron chi connectivity index (χ1n) is 10.1. The van der Waals surface area contributed by atoms with Crippen LogP contribution in [-0.4, -0.2) is 39.3 Å². The van der Waals surface area contributed by atoms with Crippen LogP contribution >= 0.6 is 0 Å². The van der Waals surface area contributed by atoms with Crippen LogP contribution < -0.4 is 5.32 Å². The largest absolute Gasteiger partial charge is 0.381 e. The quantitative estimate of drug-likeness (QED) is 0.534. The Balaban J connectivity index is 1.20. The maximum atomic E-state index is 12.2. The summed E-state index contributed by atoms with van der Waals surface area (Å²) in [5, 5.41) is 15.0. The molecule has 0 bridgehead atoms. The van der Waals surface area contributed by atoms with Gasteiger partial charge in [-0.25, -0.2) is 4.68 Å². The zero-order valence-electron chi connectivity index (χ0n) is 16.3. The Labute approximate surface area is 170 Å². The van der Waals surface area contributed by atoms with Crippen molar-refractivity contribution in [3.8, 4) is 11.4 Å². The van der Waals surface area contributed by atoms with Crippen molar-refractivity contribution in [2.24, 2.45) is 0 Å². The molecule has 7 heteroatoms. The van der Waals surface area contributed by atoms with Crippen molar-refractivity contribution in [1.29, 1.82) is 0 Å². The summed E-state index contributed by atoms with van der Waals surface area (Å²) in [5.74, 6) is 0.728. The maximum Gasteiger partial charge on any atom is 0.224 e. The molecule has 3 aromatic rings. The molecule has 2 aromatic carbocycles. The van der Waals surface area contributed by atoms with E-state index >= 15 is 0 Å². The Morgan fingerprint density at radius 3 is 2.79 bits per heavy atom. The molecule has 1 amide bonds. The summed E-state index contributed by atoms with van der Waals surface area (Å²) in [6.45, 7) is 1.25. The molecule has 0 saturated heterocycles. The number of ether oxygens (including phenoxy) is 1. The van der Waals surface area contributed by atoms with E-state index in [9.17, 15) is 4.79 Å². The van der Waals surface area contributed by atoms with Crippen LogP contribution in [0, 0.1) is 0 Å². The molecule has 0 spiro atoms. The number of amides is 1. The van der Waals surface area contributed by atoms with Gasteiger partial charge >= 0.3 is 0 Å². The van der Waals surface area contributed by atoms with Gasteiger partial charge in [0.05, 0.1) is 12.6 Å². The number of nitrogens with one attached hydrogen (secondary N) is 1. The molecule has 0 unspecified atom stereocenters. The van der Waals surface area contributed by atoms with E-state index in [4.69, 9.17) is 4.74 Å². The molecule has 1 N–H and O–H groups in total. The van der Waals surface area contributed by atoms with Crippen molar-refractivity contribution in [1.82, 2.24) is 20.2 Å². The average Bonchev–Trinajstić information content (AvgIpc) is 3.47. The van der Waals surface area contributed by atoms with Gasteiger partial charge in [0.15, 0.2) is 5.82 Å². The van der Waals surface area contributed by atoms with Crippen LogP contribution in [0.1, 0.15) is 37.3 Å². The van der Waals surface area contributed by atoms with E-state index in [0.717, 1.165) is 36.3 Å². The third-order valence-electron chi connectivity index (χ3n) is 4.86. The summed E-state index contributed by atoms with van der Waals surface area (Å²) in [6, 6.07) is 18.3. The molecule has 1 aliphatic carbocycles. The molecule has 0 radical (unpaired) electrons. The second kappa shape index (κ2) is 9.43. The highest BCUT2D eigenvalue weighted by Gasteiger charge is 2.28. The predicted octanol–water partition coefficient (Wildman–Crippen LogP) is 3.65. The first kappa shape index (κ1) is 19.3. The zero-order chi connectivity index (χ0) is 19.9. The van der Waals surface area contributed by atoms with Crippen LogP contribution in [0.5, 0.6) is 0 Å². The maximum absolute atomic E-state index is 12.2. The lowest BCUT2D eigenvalue weighted by atomic mass is 10.2. The highest BCUT2D eigenvalue weighted by Crippen LogP contribution is 2.36. The minimum atomic E-state index is -0.0180. The van der Waals surface area contributed by atoms with E-state index in [1.165, 1.54) is 5.56 Å². The van der Waals surface area contributed by atoms with Crippen LogP contribution in [0.25, 0.3) is 11.4 Å². The van der Waals surface area contributed by atoms with Gasteiger partial charge in [-0.1, -0.05) is 42.5 Å². The molecule has 7 nitrogen and oxygen atoms in total. The van der Waals surface area contributed by atoms with Gasteiger partial charge in [-0.2, -0.15) is 0 Å². The molecular weight excluding hydrogens is 366 g/mol. The SMILES string of the molecule is O=C(CCCOCCc1ccccc1)Nc1cccc(-c2nnnn2C2CC2)c1.